The second kappa shape index (κ2) is 5.24. The SMILES string of the molecule is Cc1cc(C)cc(C(C)NC2CCSC2)c1. The van der Waals surface area contributed by atoms with Gasteiger partial charge in [0.25, 0.3) is 0 Å². The highest BCUT2D eigenvalue weighted by atomic mass is 32.2. The van der Waals surface area contributed by atoms with E-state index in [2.05, 4.69) is 56.0 Å². The molecule has 16 heavy (non-hydrogen) atoms. The van der Waals surface area contributed by atoms with Crippen LogP contribution in [0.15, 0.2) is 18.2 Å². The van der Waals surface area contributed by atoms with Gasteiger partial charge in [0.2, 0.25) is 0 Å². The summed E-state index contributed by atoms with van der Waals surface area (Å²) < 4.78 is 0. The lowest BCUT2D eigenvalue weighted by Crippen LogP contribution is -2.31. The predicted octanol–water partition coefficient (Wildman–Crippen LogP) is 3.46. The van der Waals surface area contributed by atoms with Gasteiger partial charge < -0.3 is 5.32 Å². The molecular formula is C14H21NS. The first-order valence-corrected chi connectivity index (χ1v) is 7.22. The standard InChI is InChI=1S/C14H21NS/c1-10-6-11(2)8-13(7-10)12(3)15-14-4-5-16-9-14/h6-8,12,14-15H,4-5,9H2,1-3H3. The van der Waals surface area contributed by atoms with E-state index in [1.807, 2.05) is 0 Å². The molecule has 1 aromatic rings. The van der Waals surface area contributed by atoms with Crippen molar-refractivity contribution in [1.82, 2.24) is 5.32 Å². The molecule has 0 aromatic heterocycles. The van der Waals surface area contributed by atoms with Gasteiger partial charge in [-0.25, -0.2) is 0 Å². The Kier molecular flexibility index (Phi) is 3.93. The summed E-state index contributed by atoms with van der Waals surface area (Å²) in [5, 5.41) is 3.73. The van der Waals surface area contributed by atoms with Crippen molar-refractivity contribution < 1.29 is 0 Å². The summed E-state index contributed by atoms with van der Waals surface area (Å²) in [5.74, 6) is 2.59. The highest BCUT2D eigenvalue weighted by molar-refractivity contribution is 7.99. The molecule has 1 heterocycles. The van der Waals surface area contributed by atoms with Crippen molar-refractivity contribution in [3.8, 4) is 0 Å². The van der Waals surface area contributed by atoms with Gasteiger partial charge in [-0.1, -0.05) is 29.3 Å². The van der Waals surface area contributed by atoms with Gasteiger partial charge in [-0.15, -0.1) is 0 Å². The van der Waals surface area contributed by atoms with Crippen LogP contribution < -0.4 is 5.32 Å². The van der Waals surface area contributed by atoms with E-state index in [1.54, 1.807) is 0 Å². The first-order chi connectivity index (χ1) is 7.65. The third kappa shape index (κ3) is 3.02. The number of aryl methyl sites for hydroxylation is 2. The van der Waals surface area contributed by atoms with E-state index < -0.39 is 0 Å². The highest BCUT2D eigenvalue weighted by Gasteiger charge is 2.18. The summed E-state index contributed by atoms with van der Waals surface area (Å²) in [6, 6.07) is 8.02. The monoisotopic (exact) mass is 235 g/mol. The van der Waals surface area contributed by atoms with Gasteiger partial charge in [0.1, 0.15) is 0 Å². The summed E-state index contributed by atoms with van der Waals surface area (Å²) in [5.41, 5.74) is 4.16. The number of hydrogen-bond acceptors (Lipinski definition) is 2. The molecule has 1 N–H and O–H groups in total. The van der Waals surface area contributed by atoms with E-state index in [1.165, 1.54) is 34.6 Å². The molecule has 2 atom stereocenters. The lowest BCUT2D eigenvalue weighted by Gasteiger charge is -2.20. The summed E-state index contributed by atoms with van der Waals surface area (Å²) in [4.78, 5) is 0. The quantitative estimate of drug-likeness (QED) is 0.861. The average Bonchev–Trinajstić information content (AvgIpc) is 2.68. The lowest BCUT2D eigenvalue weighted by molar-refractivity contribution is 0.486. The molecule has 1 aliphatic rings. The predicted molar refractivity (Wildman–Crippen MR) is 73.2 cm³/mol. The molecule has 0 spiro atoms. The Morgan fingerprint density at radius 2 is 1.94 bits per heavy atom. The Balaban J connectivity index is 2.04. The van der Waals surface area contributed by atoms with Crippen molar-refractivity contribution in [3.63, 3.8) is 0 Å². The van der Waals surface area contributed by atoms with Crippen LogP contribution in [0.5, 0.6) is 0 Å². The van der Waals surface area contributed by atoms with E-state index in [9.17, 15) is 0 Å². The molecule has 0 saturated carbocycles. The van der Waals surface area contributed by atoms with E-state index in [-0.39, 0.29) is 0 Å². The minimum atomic E-state index is 0.474. The third-order valence-electron chi connectivity index (χ3n) is 3.16. The van der Waals surface area contributed by atoms with E-state index in [0.29, 0.717) is 12.1 Å². The first kappa shape index (κ1) is 12.0. The average molecular weight is 235 g/mol. The van der Waals surface area contributed by atoms with E-state index in [4.69, 9.17) is 0 Å². The Labute approximate surface area is 103 Å². The van der Waals surface area contributed by atoms with Crippen LogP contribution in [0.25, 0.3) is 0 Å². The van der Waals surface area contributed by atoms with Gasteiger partial charge in [0.05, 0.1) is 0 Å². The molecule has 2 unspecified atom stereocenters. The van der Waals surface area contributed by atoms with Crippen molar-refractivity contribution in [2.24, 2.45) is 0 Å². The van der Waals surface area contributed by atoms with Crippen LogP contribution >= 0.6 is 11.8 Å². The zero-order valence-electron chi connectivity index (χ0n) is 10.4. The summed E-state index contributed by atoms with van der Waals surface area (Å²) >= 11 is 2.06. The highest BCUT2D eigenvalue weighted by Crippen LogP contribution is 2.22. The smallest absolute Gasteiger partial charge is 0.0294 e. The van der Waals surface area contributed by atoms with Crippen molar-refractivity contribution in [2.45, 2.75) is 39.3 Å². The maximum absolute atomic E-state index is 3.73. The molecule has 1 saturated heterocycles. The fourth-order valence-corrected chi connectivity index (χ4v) is 3.54. The number of nitrogens with one attached hydrogen (secondary N) is 1. The van der Waals surface area contributed by atoms with Gasteiger partial charge in [-0.3, -0.25) is 0 Å². The van der Waals surface area contributed by atoms with Gasteiger partial charge >= 0.3 is 0 Å². The molecule has 0 amide bonds. The molecule has 0 radical (unpaired) electrons. The number of thioether (sulfide) groups is 1. The summed E-state index contributed by atoms with van der Waals surface area (Å²) in [7, 11) is 0. The van der Waals surface area contributed by atoms with Crippen LogP contribution in [0.2, 0.25) is 0 Å². The normalized spacial score (nSPS) is 22.3. The zero-order valence-corrected chi connectivity index (χ0v) is 11.2. The fraction of sp³-hybridized carbons (Fsp3) is 0.571. The van der Waals surface area contributed by atoms with Crippen LogP contribution in [0.3, 0.4) is 0 Å². The number of hydrogen-bond donors (Lipinski definition) is 1. The van der Waals surface area contributed by atoms with Crippen LogP contribution in [-0.4, -0.2) is 17.5 Å². The molecular weight excluding hydrogens is 214 g/mol. The number of benzene rings is 1. The Morgan fingerprint density at radius 1 is 1.25 bits per heavy atom. The molecule has 1 fully saturated rings. The maximum Gasteiger partial charge on any atom is 0.0294 e. The molecule has 1 nitrogen and oxygen atoms in total. The maximum atomic E-state index is 3.73. The topological polar surface area (TPSA) is 12.0 Å². The lowest BCUT2D eigenvalue weighted by atomic mass is 10.0. The first-order valence-electron chi connectivity index (χ1n) is 6.07. The third-order valence-corrected chi connectivity index (χ3v) is 4.32. The second-order valence-electron chi connectivity index (χ2n) is 4.87. The minimum Gasteiger partial charge on any atom is -0.307 e. The molecule has 1 aromatic carbocycles. The Bertz CT molecular complexity index is 336. The molecule has 88 valence electrons. The molecule has 1 aliphatic heterocycles. The van der Waals surface area contributed by atoms with Crippen molar-refractivity contribution in [2.75, 3.05) is 11.5 Å². The molecule has 2 rings (SSSR count). The second-order valence-corrected chi connectivity index (χ2v) is 6.02. The summed E-state index contributed by atoms with van der Waals surface area (Å²) in [6.07, 6.45) is 1.32. The van der Waals surface area contributed by atoms with Crippen LogP contribution in [0.1, 0.15) is 36.1 Å². The van der Waals surface area contributed by atoms with Gasteiger partial charge in [-0.05, 0) is 38.5 Å². The molecule has 2 heteroatoms. The number of rotatable bonds is 3. The largest absolute Gasteiger partial charge is 0.307 e. The van der Waals surface area contributed by atoms with Crippen molar-refractivity contribution in [1.29, 1.82) is 0 Å². The minimum absolute atomic E-state index is 0.474. The van der Waals surface area contributed by atoms with E-state index in [0.717, 1.165) is 0 Å². The van der Waals surface area contributed by atoms with Gasteiger partial charge in [-0.2, -0.15) is 11.8 Å². The van der Waals surface area contributed by atoms with Gasteiger partial charge in [0.15, 0.2) is 0 Å². The fourth-order valence-electron chi connectivity index (χ4n) is 2.38. The Hall–Kier alpha value is -0.470. The van der Waals surface area contributed by atoms with Crippen LogP contribution in [0, 0.1) is 13.8 Å². The van der Waals surface area contributed by atoms with Crippen LogP contribution in [0.4, 0.5) is 0 Å². The van der Waals surface area contributed by atoms with Gasteiger partial charge in [0, 0.05) is 17.8 Å². The van der Waals surface area contributed by atoms with Crippen molar-refractivity contribution >= 4 is 11.8 Å². The van der Waals surface area contributed by atoms with Crippen LogP contribution in [-0.2, 0) is 0 Å². The molecule has 0 aliphatic carbocycles. The zero-order chi connectivity index (χ0) is 11.5. The Morgan fingerprint density at radius 3 is 2.50 bits per heavy atom. The van der Waals surface area contributed by atoms with E-state index >= 15 is 0 Å². The van der Waals surface area contributed by atoms with Crippen molar-refractivity contribution in [3.05, 3.63) is 34.9 Å². The molecule has 0 bridgehead atoms. The summed E-state index contributed by atoms with van der Waals surface area (Å²) in [6.45, 7) is 6.63.